The van der Waals surface area contributed by atoms with Gasteiger partial charge in [-0.05, 0) is 25.0 Å². The molecule has 0 aliphatic heterocycles. The number of allylic oxidation sites excluding steroid dienone is 1. The van der Waals surface area contributed by atoms with E-state index in [0.29, 0.717) is 0 Å². The van der Waals surface area contributed by atoms with Gasteiger partial charge in [0, 0.05) is 19.4 Å². The van der Waals surface area contributed by atoms with Crippen LogP contribution in [0.4, 0.5) is 0 Å². The quantitative estimate of drug-likeness (QED) is 0.489. The molecule has 1 heteroatoms. The van der Waals surface area contributed by atoms with Crippen LogP contribution in [0.5, 0.6) is 0 Å². The highest BCUT2D eigenvalue weighted by Gasteiger charge is 1.77. The van der Waals surface area contributed by atoms with Gasteiger partial charge in [0.05, 0.1) is 0 Å². The third kappa shape index (κ3) is 8.93. The van der Waals surface area contributed by atoms with Crippen LogP contribution >= 0.6 is 0 Å². The topological polar surface area (TPSA) is 4.93 Å². The molecule has 0 unspecified atom stereocenters. The maximum Gasteiger partial charge on any atom is 0.0106 e. The number of hydrogen-bond donors (Lipinski definition) is 0. The zero-order valence-electron chi connectivity index (χ0n) is 8.87. The average molecular weight is 179 g/mol. The van der Waals surface area contributed by atoms with Gasteiger partial charge in [-0.2, -0.15) is 0 Å². The van der Waals surface area contributed by atoms with Crippen molar-refractivity contribution >= 4 is 0 Å². The molecule has 0 saturated carbocycles. The van der Waals surface area contributed by atoms with Crippen molar-refractivity contribution in [3.8, 4) is 0 Å². The van der Waals surface area contributed by atoms with Crippen LogP contribution in [-0.4, -0.2) is 4.57 Å². The Kier molecular flexibility index (Phi) is 8.42. The van der Waals surface area contributed by atoms with Crippen molar-refractivity contribution in [3.63, 3.8) is 0 Å². The molecule has 0 aliphatic rings. The molecule has 1 aromatic rings. The van der Waals surface area contributed by atoms with Crippen molar-refractivity contribution in [3.05, 3.63) is 37.2 Å². The summed E-state index contributed by atoms with van der Waals surface area (Å²) in [7, 11) is 2.00. The van der Waals surface area contributed by atoms with Gasteiger partial charge in [0.25, 0.3) is 0 Å². The highest BCUT2D eigenvalue weighted by Crippen LogP contribution is 1.97. The lowest BCUT2D eigenvalue weighted by Gasteiger charge is -1.87. The minimum atomic E-state index is 1.19. The molecule has 13 heavy (non-hydrogen) atoms. The van der Waals surface area contributed by atoms with Crippen molar-refractivity contribution < 1.29 is 0 Å². The van der Waals surface area contributed by atoms with Crippen LogP contribution in [0.3, 0.4) is 0 Å². The van der Waals surface area contributed by atoms with Gasteiger partial charge in [-0.1, -0.05) is 25.8 Å². The van der Waals surface area contributed by atoms with Gasteiger partial charge in [-0.3, -0.25) is 0 Å². The first-order chi connectivity index (χ1) is 6.31. The van der Waals surface area contributed by atoms with Crippen molar-refractivity contribution in [2.75, 3.05) is 0 Å². The fraction of sp³-hybridized carbons (Fsp3) is 0.500. The molecule has 0 amide bonds. The van der Waals surface area contributed by atoms with Crippen LogP contribution in [0.1, 0.15) is 32.6 Å². The fourth-order valence-electron chi connectivity index (χ4n) is 0.959. The predicted octanol–water partition coefficient (Wildman–Crippen LogP) is 3.78. The predicted molar refractivity (Wildman–Crippen MR) is 59.8 cm³/mol. The molecule has 1 rings (SSSR count). The third-order valence-corrected chi connectivity index (χ3v) is 1.77. The van der Waals surface area contributed by atoms with E-state index in [1.807, 2.05) is 42.2 Å². The second kappa shape index (κ2) is 9.11. The largest absolute Gasteiger partial charge is 0.357 e. The molecular formula is C12H21N. The van der Waals surface area contributed by atoms with E-state index in [1.165, 1.54) is 25.7 Å². The molecule has 0 saturated heterocycles. The van der Waals surface area contributed by atoms with Crippen molar-refractivity contribution in [1.82, 2.24) is 4.57 Å². The van der Waals surface area contributed by atoms with Crippen molar-refractivity contribution in [2.24, 2.45) is 7.05 Å². The number of aryl methyl sites for hydroxylation is 1. The summed E-state index contributed by atoms with van der Waals surface area (Å²) < 4.78 is 2.00. The van der Waals surface area contributed by atoms with E-state index in [2.05, 4.69) is 13.5 Å². The minimum absolute atomic E-state index is 1.19. The zero-order valence-corrected chi connectivity index (χ0v) is 8.87. The van der Waals surface area contributed by atoms with Crippen LogP contribution in [0.2, 0.25) is 0 Å². The Morgan fingerprint density at radius 2 is 1.85 bits per heavy atom. The Bertz CT molecular complexity index is 187. The number of aromatic nitrogens is 1. The van der Waals surface area contributed by atoms with Crippen LogP contribution in [0.15, 0.2) is 37.2 Å². The average Bonchev–Trinajstić information content (AvgIpc) is 2.58. The van der Waals surface area contributed by atoms with Gasteiger partial charge in [-0.25, -0.2) is 0 Å². The van der Waals surface area contributed by atoms with Crippen molar-refractivity contribution in [2.45, 2.75) is 32.6 Å². The maximum atomic E-state index is 3.63. The summed E-state index contributed by atoms with van der Waals surface area (Å²) in [5.41, 5.74) is 0. The van der Waals surface area contributed by atoms with Crippen molar-refractivity contribution in [1.29, 1.82) is 0 Å². The first-order valence-corrected chi connectivity index (χ1v) is 4.99. The molecule has 74 valence electrons. The molecule has 1 aromatic heterocycles. The fourth-order valence-corrected chi connectivity index (χ4v) is 0.959. The highest BCUT2D eigenvalue weighted by molar-refractivity contribution is 4.88. The lowest BCUT2D eigenvalue weighted by Crippen LogP contribution is -1.75. The smallest absolute Gasteiger partial charge is 0.0106 e. The first kappa shape index (κ1) is 12.0. The highest BCUT2D eigenvalue weighted by atomic mass is 14.9. The second-order valence-electron chi connectivity index (χ2n) is 3.13. The number of hydrogen-bond acceptors (Lipinski definition) is 0. The second-order valence-corrected chi connectivity index (χ2v) is 3.13. The Labute approximate surface area is 82.1 Å². The standard InChI is InChI=1S/C7H14.C5H7N/c1-3-5-7-6-4-2;1-6-4-2-3-5-6/h3H,1,4-7H2,2H3;2-5H,1H3. The number of unbranched alkanes of at least 4 members (excludes halogenated alkanes) is 3. The van der Waals surface area contributed by atoms with Gasteiger partial charge >= 0.3 is 0 Å². The third-order valence-electron chi connectivity index (χ3n) is 1.77. The SMILES string of the molecule is C=CCCCCC.Cn1cccc1. The normalized spacial score (nSPS) is 8.77. The van der Waals surface area contributed by atoms with Crippen LogP contribution in [-0.2, 0) is 7.05 Å². The number of nitrogens with zero attached hydrogens (tertiary/aromatic N) is 1. The molecule has 0 fully saturated rings. The number of rotatable bonds is 4. The summed E-state index contributed by atoms with van der Waals surface area (Å²) in [6.07, 6.45) is 11.2. The van der Waals surface area contributed by atoms with E-state index in [9.17, 15) is 0 Å². The Morgan fingerprint density at radius 3 is 2.15 bits per heavy atom. The van der Waals surface area contributed by atoms with Crippen LogP contribution in [0.25, 0.3) is 0 Å². The lowest BCUT2D eigenvalue weighted by atomic mass is 10.2. The minimum Gasteiger partial charge on any atom is -0.357 e. The summed E-state index contributed by atoms with van der Waals surface area (Å²) >= 11 is 0. The molecule has 1 heterocycles. The lowest BCUT2D eigenvalue weighted by molar-refractivity contribution is 0.730. The molecule has 0 atom stereocenters. The van der Waals surface area contributed by atoms with E-state index in [4.69, 9.17) is 0 Å². The first-order valence-electron chi connectivity index (χ1n) is 4.99. The van der Waals surface area contributed by atoms with E-state index in [1.54, 1.807) is 0 Å². The van der Waals surface area contributed by atoms with Gasteiger partial charge in [0.15, 0.2) is 0 Å². The summed E-state index contributed by atoms with van der Waals surface area (Å²) in [5, 5.41) is 0. The summed E-state index contributed by atoms with van der Waals surface area (Å²) in [5.74, 6) is 0. The molecular weight excluding hydrogens is 158 g/mol. The van der Waals surface area contributed by atoms with Gasteiger partial charge in [0.1, 0.15) is 0 Å². The zero-order chi connectivity index (χ0) is 9.94. The van der Waals surface area contributed by atoms with Gasteiger partial charge < -0.3 is 4.57 Å². The molecule has 0 aliphatic carbocycles. The van der Waals surface area contributed by atoms with E-state index < -0.39 is 0 Å². The Morgan fingerprint density at radius 1 is 1.23 bits per heavy atom. The Hall–Kier alpha value is -0.980. The Balaban J connectivity index is 0.000000223. The van der Waals surface area contributed by atoms with Crippen LogP contribution in [0, 0.1) is 0 Å². The van der Waals surface area contributed by atoms with Gasteiger partial charge in [-0.15, -0.1) is 6.58 Å². The van der Waals surface area contributed by atoms with E-state index in [0.717, 1.165) is 0 Å². The summed E-state index contributed by atoms with van der Waals surface area (Å²) in [6, 6.07) is 4.00. The molecule has 1 nitrogen and oxygen atoms in total. The van der Waals surface area contributed by atoms with E-state index >= 15 is 0 Å². The van der Waals surface area contributed by atoms with Gasteiger partial charge in [0.2, 0.25) is 0 Å². The maximum absolute atomic E-state index is 3.63. The molecule has 0 bridgehead atoms. The van der Waals surface area contributed by atoms with Crippen LogP contribution < -0.4 is 0 Å². The molecule has 0 aromatic carbocycles. The summed E-state index contributed by atoms with van der Waals surface area (Å²) in [4.78, 5) is 0. The van der Waals surface area contributed by atoms with E-state index in [-0.39, 0.29) is 0 Å². The monoisotopic (exact) mass is 179 g/mol. The molecule has 0 N–H and O–H groups in total. The molecule has 0 spiro atoms. The summed E-state index contributed by atoms with van der Waals surface area (Å²) in [6.45, 7) is 5.84. The molecule has 0 radical (unpaired) electrons.